The molecular weight excluding hydrogens is 246 g/mol. The quantitative estimate of drug-likeness (QED) is 0.725. The Labute approximate surface area is 112 Å². The Balaban J connectivity index is 2.70. The molecule has 1 heterocycles. The Morgan fingerprint density at radius 1 is 1.44 bits per heavy atom. The van der Waals surface area contributed by atoms with Gasteiger partial charge in [0.2, 0.25) is 0 Å². The lowest BCUT2D eigenvalue weighted by molar-refractivity contribution is 0.416. The van der Waals surface area contributed by atoms with E-state index in [2.05, 4.69) is 18.8 Å². The highest BCUT2D eigenvalue weighted by molar-refractivity contribution is 7.92. The molecule has 2 unspecified atom stereocenters. The van der Waals surface area contributed by atoms with Gasteiger partial charge in [0.1, 0.15) is 0 Å². The maximum atomic E-state index is 12.2. The van der Waals surface area contributed by atoms with Gasteiger partial charge >= 0.3 is 0 Å². The third-order valence-corrected chi connectivity index (χ3v) is 5.96. The summed E-state index contributed by atoms with van der Waals surface area (Å²) in [5, 5.41) is 3.25. The van der Waals surface area contributed by atoms with Crippen molar-refractivity contribution in [2.24, 2.45) is 0 Å². The first kappa shape index (κ1) is 15.7. The van der Waals surface area contributed by atoms with Crippen LogP contribution in [0.25, 0.3) is 0 Å². The van der Waals surface area contributed by atoms with Gasteiger partial charge in [0.25, 0.3) is 0 Å². The molecule has 1 aliphatic heterocycles. The van der Waals surface area contributed by atoms with Crippen molar-refractivity contribution in [1.29, 1.82) is 0 Å². The van der Waals surface area contributed by atoms with Crippen molar-refractivity contribution in [3.05, 3.63) is 12.2 Å². The zero-order chi connectivity index (χ0) is 13.6. The molecule has 1 rings (SSSR count). The number of sulfone groups is 1. The summed E-state index contributed by atoms with van der Waals surface area (Å²) in [5.74, 6) is 0.370. The Morgan fingerprint density at radius 3 is 2.72 bits per heavy atom. The summed E-state index contributed by atoms with van der Waals surface area (Å²) >= 11 is 0. The lowest BCUT2D eigenvalue weighted by Crippen LogP contribution is -2.46. The molecule has 0 spiro atoms. The minimum atomic E-state index is -2.89. The van der Waals surface area contributed by atoms with Gasteiger partial charge in [-0.25, -0.2) is 8.42 Å². The maximum Gasteiger partial charge on any atom is 0.154 e. The van der Waals surface area contributed by atoms with Gasteiger partial charge in [-0.3, -0.25) is 0 Å². The monoisotopic (exact) mass is 273 g/mol. The molecule has 1 N–H and O–H groups in total. The summed E-state index contributed by atoms with van der Waals surface area (Å²) in [5.41, 5.74) is 1.13. The summed E-state index contributed by atoms with van der Waals surface area (Å²) in [4.78, 5) is 0. The topological polar surface area (TPSA) is 46.2 Å². The van der Waals surface area contributed by atoms with Gasteiger partial charge in [-0.05, 0) is 45.6 Å². The van der Waals surface area contributed by atoms with Gasteiger partial charge in [-0.15, -0.1) is 6.58 Å². The third-order valence-electron chi connectivity index (χ3n) is 3.62. The first-order chi connectivity index (χ1) is 8.47. The van der Waals surface area contributed by atoms with Crippen LogP contribution in [-0.4, -0.2) is 32.0 Å². The average molecular weight is 273 g/mol. The minimum absolute atomic E-state index is 0.104. The van der Waals surface area contributed by atoms with Crippen LogP contribution in [0, 0.1) is 0 Å². The SMILES string of the molecule is C=C(C)CCC(NCCC)C1CCCCS1(=O)=O. The normalized spacial score (nSPS) is 24.7. The van der Waals surface area contributed by atoms with E-state index in [0.717, 1.165) is 50.6 Å². The molecule has 106 valence electrons. The van der Waals surface area contributed by atoms with E-state index in [9.17, 15) is 8.42 Å². The zero-order valence-corrected chi connectivity index (χ0v) is 12.6. The van der Waals surface area contributed by atoms with Crippen LogP contribution in [0.1, 0.15) is 52.4 Å². The second-order valence-corrected chi connectivity index (χ2v) is 7.80. The van der Waals surface area contributed by atoms with Crippen molar-refractivity contribution < 1.29 is 8.42 Å². The fourth-order valence-corrected chi connectivity index (χ4v) is 4.75. The standard InChI is InChI=1S/C14H27NO2S/c1-4-10-15-13(9-8-12(2)3)14-7-5-6-11-18(14,16)17/h13-15H,2,4-11H2,1,3H3. The van der Waals surface area contributed by atoms with Gasteiger partial charge < -0.3 is 5.32 Å². The van der Waals surface area contributed by atoms with E-state index in [1.807, 2.05) is 6.92 Å². The highest BCUT2D eigenvalue weighted by Crippen LogP contribution is 2.25. The molecule has 0 amide bonds. The van der Waals surface area contributed by atoms with Crippen molar-refractivity contribution in [3.8, 4) is 0 Å². The molecule has 18 heavy (non-hydrogen) atoms. The summed E-state index contributed by atoms with van der Waals surface area (Å²) < 4.78 is 24.3. The van der Waals surface area contributed by atoms with Crippen LogP contribution < -0.4 is 5.32 Å². The van der Waals surface area contributed by atoms with Crippen LogP contribution in [0.5, 0.6) is 0 Å². The number of nitrogens with one attached hydrogen (secondary N) is 1. The number of hydrogen-bond acceptors (Lipinski definition) is 3. The third kappa shape index (κ3) is 4.73. The van der Waals surface area contributed by atoms with E-state index in [-0.39, 0.29) is 11.3 Å². The highest BCUT2D eigenvalue weighted by atomic mass is 32.2. The van der Waals surface area contributed by atoms with Crippen molar-refractivity contribution in [3.63, 3.8) is 0 Å². The van der Waals surface area contributed by atoms with Crippen molar-refractivity contribution in [2.75, 3.05) is 12.3 Å². The van der Waals surface area contributed by atoms with Crippen LogP contribution in [0.15, 0.2) is 12.2 Å². The second kappa shape index (κ2) is 7.29. The molecule has 1 fully saturated rings. The Kier molecular flexibility index (Phi) is 6.36. The Morgan fingerprint density at radius 2 is 2.17 bits per heavy atom. The molecular formula is C14H27NO2S. The fourth-order valence-electron chi connectivity index (χ4n) is 2.58. The Hall–Kier alpha value is -0.350. The molecule has 0 bridgehead atoms. The van der Waals surface area contributed by atoms with Crippen LogP contribution in [0.3, 0.4) is 0 Å². The number of allylic oxidation sites excluding steroid dienone is 1. The van der Waals surface area contributed by atoms with Crippen LogP contribution in [0.2, 0.25) is 0 Å². The summed E-state index contributed by atoms with van der Waals surface area (Å²) in [6.45, 7) is 8.92. The fraction of sp³-hybridized carbons (Fsp3) is 0.857. The lowest BCUT2D eigenvalue weighted by Gasteiger charge is -2.31. The molecule has 1 aliphatic rings. The van der Waals surface area contributed by atoms with Gasteiger partial charge in [0.05, 0.1) is 11.0 Å². The number of rotatable bonds is 7. The largest absolute Gasteiger partial charge is 0.313 e. The zero-order valence-electron chi connectivity index (χ0n) is 11.7. The number of hydrogen-bond donors (Lipinski definition) is 1. The highest BCUT2D eigenvalue weighted by Gasteiger charge is 2.34. The van der Waals surface area contributed by atoms with Crippen LogP contribution >= 0.6 is 0 Å². The minimum Gasteiger partial charge on any atom is -0.313 e. The predicted molar refractivity (Wildman–Crippen MR) is 77.6 cm³/mol. The molecule has 0 aromatic rings. The van der Waals surface area contributed by atoms with E-state index in [4.69, 9.17) is 0 Å². The van der Waals surface area contributed by atoms with Gasteiger partial charge in [-0.1, -0.05) is 18.9 Å². The summed E-state index contributed by atoms with van der Waals surface area (Å²) in [6.07, 6.45) is 5.53. The molecule has 0 saturated carbocycles. The van der Waals surface area contributed by atoms with Crippen molar-refractivity contribution in [1.82, 2.24) is 5.32 Å². The van der Waals surface area contributed by atoms with E-state index in [1.54, 1.807) is 0 Å². The molecule has 3 nitrogen and oxygen atoms in total. The molecule has 0 aromatic carbocycles. The second-order valence-electron chi connectivity index (χ2n) is 5.46. The molecule has 0 radical (unpaired) electrons. The molecule has 2 atom stereocenters. The molecule has 1 saturated heterocycles. The maximum absolute atomic E-state index is 12.2. The summed E-state index contributed by atoms with van der Waals surface area (Å²) in [7, 11) is -2.89. The van der Waals surface area contributed by atoms with Gasteiger partial charge in [0.15, 0.2) is 9.84 Å². The smallest absolute Gasteiger partial charge is 0.154 e. The van der Waals surface area contributed by atoms with E-state index in [0.29, 0.717) is 5.75 Å². The first-order valence-electron chi connectivity index (χ1n) is 7.06. The van der Waals surface area contributed by atoms with Crippen LogP contribution in [-0.2, 0) is 9.84 Å². The van der Waals surface area contributed by atoms with Gasteiger partial charge in [0, 0.05) is 6.04 Å². The predicted octanol–water partition coefficient (Wildman–Crippen LogP) is 2.68. The average Bonchev–Trinajstić information content (AvgIpc) is 2.29. The lowest BCUT2D eigenvalue weighted by atomic mass is 10.0. The van der Waals surface area contributed by atoms with Gasteiger partial charge in [-0.2, -0.15) is 0 Å². The summed E-state index contributed by atoms with van der Waals surface area (Å²) in [6, 6.07) is 0.104. The Bertz CT molecular complexity index is 362. The first-order valence-corrected chi connectivity index (χ1v) is 8.78. The molecule has 0 aliphatic carbocycles. The van der Waals surface area contributed by atoms with E-state index in [1.165, 1.54) is 0 Å². The van der Waals surface area contributed by atoms with Crippen molar-refractivity contribution >= 4 is 9.84 Å². The molecule has 4 heteroatoms. The van der Waals surface area contributed by atoms with Crippen LogP contribution in [0.4, 0.5) is 0 Å². The van der Waals surface area contributed by atoms with Crippen molar-refractivity contribution in [2.45, 2.75) is 63.7 Å². The van der Waals surface area contributed by atoms with E-state index >= 15 is 0 Å². The van der Waals surface area contributed by atoms with E-state index < -0.39 is 9.84 Å². The molecule has 0 aromatic heterocycles.